The fourth-order valence-corrected chi connectivity index (χ4v) is 5.76. The number of hydrogen-bond donors (Lipinski definition) is 2. The maximum atomic E-state index is 12.5. The summed E-state index contributed by atoms with van der Waals surface area (Å²) >= 11 is 1.29. The summed E-state index contributed by atoms with van der Waals surface area (Å²) in [5.41, 5.74) is 6.60. The summed E-state index contributed by atoms with van der Waals surface area (Å²) in [7, 11) is -3.40. The number of sulfonamides is 1. The zero-order chi connectivity index (χ0) is 14.8. The molecule has 2 rings (SSSR count). The van der Waals surface area contributed by atoms with Crippen molar-refractivity contribution in [3.8, 4) is 0 Å². The average Bonchev–Trinajstić information content (AvgIpc) is 2.81. The molecule has 1 aliphatic rings. The molecule has 20 heavy (non-hydrogen) atoms. The molecule has 0 aliphatic heterocycles. The van der Waals surface area contributed by atoms with Crippen LogP contribution < -0.4 is 10.5 Å². The van der Waals surface area contributed by atoms with Crippen molar-refractivity contribution in [2.45, 2.75) is 62.7 Å². The van der Waals surface area contributed by atoms with Gasteiger partial charge in [-0.05, 0) is 37.3 Å². The van der Waals surface area contributed by atoms with Crippen LogP contribution in [0.5, 0.6) is 0 Å². The topological polar surface area (TPSA) is 72.2 Å². The molecule has 2 atom stereocenters. The molecule has 6 heteroatoms. The van der Waals surface area contributed by atoms with Gasteiger partial charge in [-0.2, -0.15) is 0 Å². The summed E-state index contributed by atoms with van der Waals surface area (Å²) in [6.07, 6.45) is 5.44. The van der Waals surface area contributed by atoms with Gasteiger partial charge in [0.2, 0.25) is 10.0 Å². The van der Waals surface area contributed by atoms with E-state index in [9.17, 15) is 8.42 Å². The highest BCUT2D eigenvalue weighted by Gasteiger charge is 2.29. The summed E-state index contributed by atoms with van der Waals surface area (Å²) in [6.45, 7) is 4.44. The molecule has 0 bridgehead atoms. The van der Waals surface area contributed by atoms with Gasteiger partial charge in [-0.15, -0.1) is 11.3 Å². The van der Waals surface area contributed by atoms with Crippen molar-refractivity contribution in [1.29, 1.82) is 0 Å². The summed E-state index contributed by atoms with van der Waals surface area (Å²) in [4.78, 5) is 0.945. The van der Waals surface area contributed by atoms with Gasteiger partial charge in [0.05, 0.1) is 0 Å². The molecular formula is C14H24N2O2S2. The lowest BCUT2D eigenvalue weighted by Crippen LogP contribution is -2.41. The van der Waals surface area contributed by atoms with Crippen LogP contribution in [0.4, 0.5) is 0 Å². The van der Waals surface area contributed by atoms with E-state index in [1.807, 2.05) is 6.92 Å². The maximum Gasteiger partial charge on any atom is 0.250 e. The van der Waals surface area contributed by atoms with E-state index < -0.39 is 10.0 Å². The molecule has 0 amide bonds. The Morgan fingerprint density at radius 1 is 1.40 bits per heavy atom. The lowest BCUT2D eigenvalue weighted by molar-refractivity contribution is 0.282. The summed E-state index contributed by atoms with van der Waals surface area (Å²) in [6, 6.07) is 1.82. The number of rotatable bonds is 5. The van der Waals surface area contributed by atoms with Crippen molar-refractivity contribution in [3.05, 3.63) is 16.5 Å². The van der Waals surface area contributed by atoms with E-state index in [1.165, 1.54) is 17.8 Å². The molecule has 1 aliphatic carbocycles. The Labute approximate surface area is 125 Å². The normalized spacial score (nSPS) is 23.9. The molecule has 114 valence electrons. The van der Waals surface area contributed by atoms with Crippen LogP contribution in [-0.4, -0.2) is 14.5 Å². The van der Waals surface area contributed by atoms with Crippen LogP contribution in [0, 0.1) is 12.8 Å². The van der Waals surface area contributed by atoms with Gasteiger partial charge in [-0.1, -0.05) is 26.2 Å². The van der Waals surface area contributed by atoms with Gasteiger partial charge in [0.25, 0.3) is 0 Å². The van der Waals surface area contributed by atoms with Gasteiger partial charge in [0.1, 0.15) is 4.21 Å². The molecule has 4 nitrogen and oxygen atoms in total. The lowest BCUT2D eigenvalue weighted by Gasteiger charge is -2.31. The molecule has 1 fully saturated rings. The van der Waals surface area contributed by atoms with E-state index in [-0.39, 0.29) is 6.04 Å². The molecule has 0 aromatic carbocycles. The molecule has 0 saturated heterocycles. The molecule has 1 aromatic heterocycles. The zero-order valence-electron chi connectivity index (χ0n) is 12.2. The van der Waals surface area contributed by atoms with Gasteiger partial charge < -0.3 is 5.73 Å². The van der Waals surface area contributed by atoms with Crippen molar-refractivity contribution in [3.63, 3.8) is 0 Å². The van der Waals surface area contributed by atoms with Crippen molar-refractivity contribution in [2.24, 2.45) is 11.7 Å². The standard InChI is InChI=1S/C14H24N2O2S2/c1-3-11-6-4-5-7-12(11)16-20(17,18)14-8-10(2)13(9-15)19-14/h8,11-12,16H,3-7,9,15H2,1-2H3. The molecule has 1 aromatic rings. The Morgan fingerprint density at radius 3 is 2.70 bits per heavy atom. The van der Waals surface area contributed by atoms with Crippen LogP contribution in [0.3, 0.4) is 0 Å². The first kappa shape index (κ1) is 15.9. The van der Waals surface area contributed by atoms with Crippen LogP contribution in [0.2, 0.25) is 0 Å². The molecule has 0 spiro atoms. The Kier molecular flexibility index (Phi) is 5.23. The van der Waals surface area contributed by atoms with Crippen molar-refractivity contribution >= 4 is 21.4 Å². The highest BCUT2D eigenvalue weighted by molar-refractivity contribution is 7.91. The Morgan fingerprint density at radius 2 is 2.10 bits per heavy atom. The van der Waals surface area contributed by atoms with Crippen molar-refractivity contribution < 1.29 is 8.42 Å². The second-order valence-corrected chi connectivity index (χ2v) is 8.63. The van der Waals surface area contributed by atoms with Crippen LogP contribution >= 0.6 is 11.3 Å². The SMILES string of the molecule is CCC1CCCCC1NS(=O)(=O)c1cc(C)c(CN)s1. The third-order valence-corrected chi connectivity index (χ3v) is 7.41. The third kappa shape index (κ3) is 3.42. The minimum Gasteiger partial charge on any atom is -0.326 e. The smallest absolute Gasteiger partial charge is 0.250 e. The first-order valence-electron chi connectivity index (χ1n) is 7.29. The fourth-order valence-electron chi connectivity index (χ4n) is 2.93. The molecule has 1 saturated carbocycles. The van der Waals surface area contributed by atoms with Crippen LogP contribution in [0.1, 0.15) is 49.5 Å². The van der Waals surface area contributed by atoms with Crippen LogP contribution in [-0.2, 0) is 16.6 Å². The van der Waals surface area contributed by atoms with Crippen LogP contribution in [0.25, 0.3) is 0 Å². The van der Waals surface area contributed by atoms with Gasteiger partial charge in [0.15, 0.2) is 0 Å². The van der Waals surface area contributed by atoms with E-state index in [0.29, 0.717) is 16.7 Å². The van der Waals surface area contributed by atoms with E-state index in [2.05, 4.69) is 11.6 Å². The van der Waals surface area contributed by atoms with Gasteiger partial charge in [-0.3, -0.25) is 0 Å². The number of aryl methyl sites for hydroxylation is 1. The van der Waals surface area contributed by atoms with E-state index >= 15 is 0 Å². The molecule has 0 radical (unpaired) electrons. The summed E-state index contributed by atoms with van der Waals surface area (Å²) in [5, 5.41) is 0. The first-order chi connectivity index (χ1) is 9.47. The monoisotopic (exact) mass is 316 g/mol. The second-order valence-electron chi connectivity index (χ2n) is 5.56. The Hall–Kier alpha value is -0.430. The molecule has 1 heterocycles. The molecule has 3 N–H and O–H groups in total. The van der Waals surface area contributed by atoms with Gasteiger partial charge in [0, 0.05) is 17.5 Å². The van der Waals surface area contributed by atoms with Crippen molar-refractivity contribution in [2.75, 3.05) is 0 Å². The van der Waals surface area contributed by atoms with Gasteiger partial charge >= 0.3 is 0 Å². The number of nitrogens with two attached hydrogens (primary N) is 1. The third-order valence-electron chi connectivity index (χ3n) is 4.19. The molecule has 2 unspecified atom stereocenters. The highest BCUT2D eigenvalue weighted by atomic mass is 32.2. The Balaban J connectivity index is 2.17. The summed E-state index contributed by atoms with van der Waals surface area (Å²) in [5.74, 6) is 0.466. The number of thiophene rings is 1. The first-order valence-corrected chi connectivity index (χ1v) is 9.59. The maximum absolute atomic E-state index is 12.5. The quantitative estimate of drug-likeness (QED) is 0.877. The van der Waals surface area contributed by atoms with E-state index in [1.54, 1.807) is 6.07 Å². The van der Waals surface area contributed by atoms with Crippen LogP contribution in [0.15, 0.2) is 10.3 Å². The highest BCUT2D eigenvalue weighted by Crippen LogP contribution is 2.30. The lowest BCUT2D eigenvalue weighted by atomic mass is 9.83. The zero-order valence-corrected chi connectivity index (χ0v) is 13.8. The van der Waals surface area contributed by atoms with Crippen molar-refractivity contribution in [1.82, 2.24) is 4.72 Å². The predicted octanol–water partition coefficient (Wildman–Crippen LogP) is 2.76. The predicted molar refractivity (Wildman–Crippen MR) is 83.3 cm³/mol. The Bertz CT molecular complexity index is 552. The average molecular weight is 316 g/mol. The largest absolute Gasteiger partial charge is 0.326 e. The van der Waals surface area contributed by atoms with Gasteiger partial charge in [-0.25, -0.2) is 13.1 Å². The number of hydrogen-bond acceptors (Lipinski definition) is 4. The second kappa shape index (κ2) is 6.56. The van der Waals surface area contributed by atoms with E-state index in [4.69, 9.17) is 5.73 Å². The van der Waals surface area contributed by atoms with E-state index in [0.717, 1.165) is 36.1 Å². The minimum absolute atomic E-state index is 0.0856. The fraction of sp³-hybridized carbons (Fsp3) is 0.714. The summed E-state index contributed by atoms with van der Waals surface area (Å²) < 4.78 is 28.3. The molecular weight excluding hydrogens is 292 g/mol. The number of nitrogens with one attached hydrogen (secondary N) is 1. The minimum atomic E-state index is -3.40.